The quantitative estimate of drug-likeness (QED) is 0.658. The molecule has 1 N–H and O–H groups in total. The largest absolute Gasteiger partial charge is 0.288 e. The summed E-state index contributed by atoms with van der Waals surface area (Å²) in [6, 6.07) is 6.74. The third-order valence-corrected chi connectivity index (χ3v) is 2.60. The number of rotatable bonds is 3. The molecule has 1 heterocycles. The molecular formula is C17H25NO2. The zero-order valence-electron chi connectivity index (χ0n) is 13.0. The van der Waals surface area contributed by atoms with Crippen LogP contribution in [-0.2, 0) is 0 Å². The van der Waals surface area contributed by atoms with Crippen LogP contribution in [0, 0.1) is 0 Å². The van der Waals surface area contributed by atoms with E-state index in [1.165, 1.54) is 24.8 Å². The molecule has 0 radical (unpaired) electrons. The van der Waals surface area contributed by atoms with Gasteiger partial charge in [0.25, 0.3) is 11.8 Å². The molecule has 0 unspecified atom stereocenters. The van der Waals surface area contributed by atoms with Crippen LogP contribution in [0.3, 0.4) is 0 Å². The third kappa shape index (κ3) is 5.83. The Balaban J connectivity index is 0.000000352. The van der Waals surface area contributed by atoms with E-state index in [0.29, 0.717) is 11.1 Å². The van der Waals surface area contributed by atoms with Crippen LogP contribution in [0.2, 0.25) is 0 Å². The fourth-order valence-corrected chi connectivity index (χ4v) is 1.60. The van der Waals surface area contributed by atoms with Crippen LogP contribution in [0.1, 0.15) is 67.7 Å². The van der Waals surface area contributed by atoms with Crippen molar-refractivity contribution in [2.45, 2.75) is 47.0 Å². The molecule has 1 aromatic rings. The van der Waals surface area contributed by atoms with E-state index in [0.717, 1.165) is 0 Å². The van der Waals surface area contributed by atoms with E-state index in [1.54, 1.807) is 24.3 Å². The number of benzene rings is 1. The van der Waals surface area contributed by atoms with Crippen molar-refractivity contribution in [3.05, 3.63) is 47.5 Å². The summed E-state index contributed by atoms with van der Waals surface area (Å²) in [5.41, 5.74) is 2.25. The van der Waals surface area contributed by atoms with Crippen molar-refractivity contribution in [3.63, 3.8) is 0 Å². The maximum Gasteiger partial charge on any atom is 0.258 e. The molecule has 1 aliphatic rings. The van der Waals surface area contributed by atoms with Crippen LogP contribution in [-0.4, -0.2) is 11.8 Å². The summed E-state index contributed by atoms with van der Waals surface area (Å²) in [7, 11) is 0. The van der Waals surface area contributed by atoms with E-state index < -0.39 is 0 Å². The third-order valence-electron chi connectivity index (χ3n) is 2.60. The van der Waals surface area contributed by atoms with Gasteiger partial charge in [0.05, 0.1) is 11.1 Å². The van der Waals surface area contributed by atoms with Crippen molar-refractivity contribution in [3.8, 4) is 0 Å². The summed E-state index contributed by atoms with van der Waals surface area (Å²) in [6.07, 6.45) is 3.79. The SMILES string of the molecule is C=C(C)CCCC.CC.O=C1NC(=O)c2ccccc21. The molecule has 2 amide bonds. The minimum atomic E-state index is -0.300. The molecule has 20 heavy (non-hydrogen) atoms. The highest BCUT2D eigenvalue weighted by Crippen LogP contribution is 2.13. The van der Waals surface area contributed by atoms with Gasteiger partial charge < -0.3 is 0 Å². The molecule has 0 bridgehead atoms. The Kier molecular flexibility index (Phi) is 9.01. The van der Waals surface area contributed by atoms with Crippen LogP contribution in [0.5, 0.6) is 0 Å². The smallest absolute Gasteiger partial charge is 0.258 e. The number of carbonyl (C=O) groups excluding carboxylic acids is 2. The summed E-state index contributed by atoms with van der Waals surface area (Å²) < 4.78 is 0. The standard InChI is InChI=1S/C8H5NO2.C7H14.C2H6/c10-7-5-3-1-2-4-6(5)8(11)9-7;1-4-5-6-7(2)3;1-2/h1-4H,(H,9,10,11);2,4-6H2,1,3H3;1-2H3. The van der Waals surface area contributed by atoms with E-state index in [4.69, 9.17) is 0 Å². The Morgan fingerprint density at radius 2 is 1.55 bits per heavy atom. The van der Waals surface area contributed by atoms with Crippen LogP contribution in [0.4, 0.5) is 0 Å². The minimum absolute atomic E-state index is 0.300. The lowest BCUT2D eigenvalue weighted by Gasteiger charge is -1.91. The Hall–Kier alpha value is -1.90. The second kappa shape index (κ2) is 9.96. The number of nitrogens with one attached hydrogen (secondary N) is 1. The minimum Gasteiger partial charge on any atom is -0.288 e. The lowest BCUT2D eigenvalue weighted by atomic mass is 10.1. The van der Waals surface area contributed by atoms with Crippen molar-refractivity contribution in [2.75, 3.05) is 0 Å². The van der Waals surface area contributed by atoms with Gasteiger partial charge in [0, 0.05) is 0 Å². The van der Waals surface area contributed by atoms with Gasteiger partial charge in [-0.15, -0.1) is 6.58 Å². The second-order valence-electron chi connectivity index (χ2n) is 4.39. The first-order valence-corrected chi connectivity index (χ1v) is 7.15. The first kappa shape index (κ1) is 18.1. The van der Waals surface area contributed by atoms with Gasteiger partial charge in [-0.1, -0.05) is 44.9 Å². The maximum absolute atomic E-state index is 10.9. The van der Waals surface area contributed by atoms with Crippen LogP contribution < -0.4 is 5.32 Å². The molecule has 0 saturated heterocycles. The number of hydrogen-bond donors (Lipinski definition) is 1. The summed E-state index contributed by atoms with van der Waals surface area (Å²) in [5, 5.41) is 2.20. The molecule has 0 saturated carbocycles. The van der Waals surface area contributed by atoms with Crippen molar-refractivity contribution in [1.82, 2.24) is 5.32 Å². The molecule has 1 aromatic carbocycles. The highest BCUT2D eigenvalue weighted by atomic mass is 16.2. The van der Waals surface area contributed by atoms with Gasteiger partial charge in [0.15, 0.2) is 0 Å². The summed E-state index contributed by atoms with van der Waals surface area (Å²) in [6.45, 7) is 12.1. The zero-order valence-corrected chi connectivity index (χ0v) is 13.0. The molecule has 3 heteroatoms. The number of fused-ring (bicyclic) bond motifs is 1. The molecule has 1 aliphatic heterocycles. The number of amides is 2. The predicted molar refractivity (Wildman–Crippen MR) is 83.9 cm³/mol. The molecule has 0 spiro atoms. The van der Waals surface area contributed by atoms with E-state index >= 15 is 0 Å². The number of allylic oxidation sites excluding steroid dienone is 1. The van der Waals surface area contributed by atoms with Crippen molar-refractivity contribution in [1.29, 1.82) is 0 Å². The lowest BCUT2D eigenvalue weighted by Crippen LogP contribution is -2.19. The second-order valence-corrected chi connectivity index (χ2v) is 4.39. The Morgan fingerprint density at radius 3 is 1.85 bits per heavy atom. The van der Waals surface area contributed by atoms with Gasteiger partial charge in [-0.3, -0.25) is 14.9 Å². The molecule has 110 valence electrons. The first-order valence-electron chi connectivity index (χ1n) is 7.15. The number of hydrogen-bond acceptors (Lipinski definition) is 2. The number of imide groups is 1. The Bertz CT molecular complexity index is 431. The highest BCUT2D eigenvalue weighted by molar-refractivity contribution is 6.21. The average molecular weight is 275 g/mol. The average Bonchev–Trinajstić information content (AvgIpc) is 2.75. The lowest BCUT2D eigenvalue weighted by molar-refractivity contribution is 0.0879. The monoisotopic (exact) mass is 275 g/mol. The van der Waals surface area contributed by atoms with E-state index in [2.05, 4.69) is 25.7 Å². The Labute approximate surface area is 122 Å². The van der Waals surface area contributed by atoms with Gasteiger partial charge in [0.2, 0.25) is 0 Å². The molecule has 2 rings (SSSR count). The molecule has 0 fully saturated rings. The predicted octanol–water partition coefficient (Wildman–Crippen LogP) is 4.35. The molecule has 3 nitrogen and oxygen atoms in total. The van der Waals surface area contributed by atoms with E-state index in [1.807, 2.05) is 13.8 Å². The highest BCUT2D eigenvalue weighted by Gasteiger charge is 2.25. The summed E-state index contributed by atoms with van der Waals surface area (Å²) in [5.74, 6) is -0.601. The van der Waals surface area contributed by atoms with Crippen molar-refractivity contribution < 1.29 is 9.59 Å². The van der Waals surface area contributed by atoms with E-state index in [-0.39, 0.29) is 11.8 Å². The molecular weight excluding hydrogens is 250 g/mol. The molecule has 0 aromatic heterocycles. The zero-order chi connectivity index (χ0) is 15.5. The fraction of sp³-hybridized carbons (Fsp3) is 0.412. The maximum atomic E-state index is 10.9. The van der Waals surface area contributed by atoms with Crippen molar-refractivity contribution in [2.24, 2.45) is 0 Å². The molecule has 0 aliphatic carbocycles. The van der Waals surface area contributed by atoms with Gasteiger partial charge in [-0.25, -0.2) is 0 Å². The first-order chi connectivity index (χ1) is 9.56. The van der Waals surface area contributed by atoms with Gasteiger partial charge in [0.1, 0.15) is 0 Å². The topological polar surface area (TPSA) is 46.2 Å². The normalized spacial score (nSPS) is 11.4. The number of unbranched alkanes of at least 4 members (excludes halogenated alkanes) is 1. The molecule has 0 atom stereocenters. The van der Waals surface area contributed by atoms with Crippen molar-refractivity contribution >= 4 is 11.8 Å². The van der Waals surface area contributed by atoms with E-state index in [9.17, 15) is 9.59 Å². The fourth-order valence-electron chi connectivity index (χ4n) is 1.60. The van der Waals surface area contributed by atoms with Gasteiger partial charge in [-0.2, -0.15) is 0 Å². The van der Waals surface area contributed by atoms with Gasteiger partial charge >= 0.3 is 0 Å². The van der Waals surface area contributed by atoms with Crippen LogP contribution in [0.15, 0.2) is 36.4 Å². The number of carbonyl (C=O) groups is 2. The summed E-state index contributed by atoms with van der Waals surface area (Å²) >= 11 is 0. The van der Waals surface area contributed by atoms with Crippen LogP contribution in [0.25, 0.3) is 0 Å². The van der Waals surface area contributed by atoms with Gasteiger partial charge in [-0.05, 0) is 31.9 Å². The summed E-state index contributed by atoms with van der Waals surface area (Å²) in [4.78, 5) is 21.9. The van der Waals surface area contributed by atoms with Crippen LogP contribution >= 0.6 is 0 Å². The Morgan fingerprint density at radius 1 is 1.10 bits per heavy atom.